The van der Waals surface area contributed by atoms with Gasteiger partial charge in [-0.05, 0) is 78.6 Å². The first-order chi connectivity index (χ1) is 25.8. The van der Waals surface area contributed by atoms with Gasteiger partial charge in [-0.3, -0.25) is 14.7 Å². The topological polar surface area (TPSA) is 123 Å². The highest BCUT2D eigenvalue weighted by Gasteiger charge is 2.54. The summed E-state index contributed by atoms with van der Waals surface area (Å²) in [5.41, 5.74) is 1.93. The van der Waals surface area contributed by atoms with Crippen LogP contribution in [0, 0.1) is 11.2 Å². The number of fused-ring (bicyclic) bond motifs is 1. The number of rotatable bonds is 10. The van der Waals surface area contributed by atoms with Crippen molar-refractivity contribution < 1.29 is 32.9 Å². The van der Waals surface area contributed by atoms with Crippen LogP contribution in [0.15, 0.2) is 43.0 Å². The fraction of sp³-hybridized carbons (Fsp3) is 0.575. The molecule has 2 aromatic heterocycles. The lowest BCUT2D eigenvalue weighted by Crippen LogP contribution is -2.65. The lowest BCUT2D eigenvalue weighted by Gasteiger charge is -2.59. The molecule has 290 valence electrons. The fourth-order valence-electron chi connectivity index (χ4n) is 8.08. The molecule has 3 aromatic rings. The smallest absolute Gasteiger partial charge is 0.410 e. The van der Waals surface area contributed by atoms with E-state index < -0.39 is 11.4 Å². The highest BCUT2D eigenvalue weighted by molar-refractivity contribution is 5.97. The highest BCUT2D eigenvalue weighted by Crippen LogP contribution is 2.52. The van der Waals surface area contributed by atoms with Gasteiger partial charge in [-0.25, -0.2) is 19.2 Å². The van der Waals surface area contributed by atoms with E-state index in [1.54, 1.807) is 16.0 Å². The summed E-state index contributed by atoms with van der Waals surface area (Å²) in [7, 11) is 0. The normalized spacial score (nSPS) is 19.9. The molecule has 2 amide bonds. The minimum absolute atomic E-state index is 0.0534. The van der Waals surface area contributed by atoms with E-state index in [2.05, 4.69) is 24.8 Å². The second-order valence-corrected chi connectivity index (χ2v) is 16.3. The van der Waals surface area contributed by atoms with Crippen LogP contribution >= 0.6 is 0 Å². The monoisotopic (exact) mass is 745 g/mol. The largest absolute Gasteiger partial charge is 0.490 e. The van der Waals surface area contributed by atoms with Gasteiger partial charge in [0.2, 0.25) is 0 Å². The van der Waals surface area contributed by atoms with E-state index in [9.17, 15) is 14.0 Å². The number of hydrogen-bond donors (Lipinski definition) is 0. The highest BCUT2D eigenvalue weighted by atomic mass is 19.1. The molecule has 14 heteroatoms. The van der Waals surface area contributed by atoms with Crippen LogP contribution in [0.3, 0.4) is 0 Å². The van der Waals surface area contributed by atoms with Crippen LogP contribution in [0.25, 0.3) is 0 Å². The predicted octanol–water partition coefficient (Wildman–Crippen LogP) is 5.72. The molecule has 54 heavy (non-hydrogen) atoms. The molecule has 0 unspecified atom stereocenters. The Kier molecular flexibility index (Phi) is 10.7. The molecule has 1 atom stereocenters. The predicted molar refractivity (Wildman–Crippen MR) is 199 cm³/mol. The fourth-order valence-corrected chi connectivity index (χ4v) is 8.08. The Labute approximate surface area is 316 Å². The zero-order valence-electron chi connectivity index (χ0n) is 32.2. The van der Waals surface area contributed by atoms with Crippen LogP contribution in [0.1, 0.15) is 76.0 Å². The first-order valence-electron chi connectivity index (χ1n) is 19.1. The lowest BCUT2D eigenvalue weighted by atomic mass is 9.61. The quantitative estimate of drug-likeness (QED) is 0.254. The molecule has 3 aliphatic heterocycles. The summed E-state index contributed by atoms with van der Waals surface area (Å²) in [5.74, 6) is 1.40. The molecule has 3 fully saturated rings. The van der Waals surface area contributed by atoms with Crippen molar-refractivity contribution in [1.82, 2.24) is 29.7 Å². The number of carbonyl (C=O) groups excluding carboxylic acids is 2. The molecule has 0 bridgehead atoms. The van der Waals surface area contributed by atoms with E-state index in [1.807, 2.05) is 53.8 Å². The summed E-state index contributed by atoms with van der Waals surface area (Å²) in [4.78, 5) is 47.5. The van der Waals surface area contributed by atoms with Gasteiger partial charge in [0.15, 0.2) is 11.6 Å². The van der Waals surface area contributed by atoms with Crippen molar-refractivity contribution in [3.63, 3.8) is 0 Å². The van der Waals surface area contributed by atoms with Gasteiger partial charge in [-0.1, -0.05) is 0 Å². The average molecular weight is 746 g/mol. The van der Waals surface area contributed by atoms with Crippen LogP contribution < -0.4 is 14.4 Å². The van der Waals surface area contributed by atoms with Gasteiger partial charge in [-0.2, -0.15) is 0 Å². The van der Waals surface area contributed by atoms with Gasteiger partial charge in [0.25, 0.3) is 5.91 Å². The molecule has 7 rings (SSSR count). The summed E-state index contributed by atoms with van der Waals surface area (Å²) in [6.07, 6.45) is 7.27. The van der Waals surface area contributed by atoms with Crippen molar-refractivity contribution in [1.29, 1.82) is 0 Å². The summed E-state index contributed by atoms with van der Waals surface area (Å²) in [6.45, 7) is 17.3. The lowest BCUT2D eigenvalue weighted by molar-refractivity contribution is -0.0540. The third kappa shape index (κ3) is 8.24. The molecule has 1 saturated carbocycles. The van der Waals surface area contributed by atoms with E-state index in [0.717, 1.165) is 55.9 Å². The van der Waals surface area contributed by atoms with Crippen LogP contribution in [-0.4, -0.2) is 118 Å². The molecule has 4 aliphatic rings. The van der Waals surface area contributed by atoms with Gasteiger partial charge in [0.1, 0.15) is 35.3 Å². The number of ether oxygens (including phenoxy) is 4. The van der Waals surface area contributed by atoms with Gasteiger partial charge in [-0.15, -0.1) is 0 Å². The number of amides is 2. The van der Waals surface area contributed by atoms with Gasteiger partial charge in [0.05, 0.1) is 31.0 Å². The molecule has 0 N–H and O–H groups in total. The number of halogens is 1. The van der Waals surface area contributed by atoms with Crippen molar-refractivity contribution in [3.8, 4) is 17.2 Å². The standard InChI is InChI=1S/C40H52FN7O6/c1-7-48(26(2)3)37(49)30-16-27(41)8-9-33(30)53-35-19-42-25-44-36(35)47-23-40(24-47)17-28(18-40)52-34-10-12-43-32-11-13-45(22-31(32)34)20-29-21-46(14-15-51-29)38(50)54-39(4,5)6/h8-10,12,16,19,25-26,28-29H,7,11,13-15,17-18,20-24H2,1-6H3/t29-/m0/s1. The zero-order valence-corrected chi connectivity index (χ0v) is 32.2. The van der Waals surface area contributed by atoms with E-state index >= 15 is 0 Å². The average Bonchev–Trinajstić information content (AvgIpc) is 3.09. The Morgan fingerprint density at radius 2 is 1.89 bits per heavy atom. The summed E-state index contributed by atoms with van der Waals surface area (Å²) in [6, 6.07) is 5.92. The Morgan fingerprint density at radius 1 is 1.09 bits per heavy atom. The second kappa shape index (κ2) is 15.3. The minimum atomic E-state index is -0.539. The van der Waals surface area contributed by atoms with Crippen LogP contribution in [-0.2, 0) is 22.4 Å². The van der Waals surface area contributed by atoms with Crippen molar-refractivity contribution in [2.45, 2.75) is 91.2 Å². The third-order valence-electron chi connectivity index (χ3n) is 10.6. The first-order valence-corrected chi connectivity index (χ1v) is 19.1. The summed E-state index contributed by atoms with van der Waals surface area (Å²) >= 11 is 0. The van der Waals surface area contributed by atoms with E-state index in [-0.39, 0.29) is 47.0 Å². The maximum atomic E-state index is 14.4. The first kappa shape index (κ1) is 37.7. The molecule has 2 saturated heterocycles. The molecule has 1 spiro atoms. The SMILES string of the molecule is CCN(C(=O)c1cc(F)ccc1Oc1cncnc1N1CC2(CC(Oc3ccnc4c3CN(C[C@H]3CN(C(=O)OC(C)(C)C)CCO3)CC4)C2)C1)C(C)C. The number of carbonyl (C=O) groups is 2. The van der Waals surface area contributed by atoms with Crippen molar-refractivity contribution in [2.75, 3.05) is 57.3 Å². The van der Waals surface area contributed by atoms with Crippen molar-refractivity contribution >= 4 is 17.8 Å². The summed E-state index contributed by atoms with van der Waals surface area (Å²) in [5, 5.41) is 0. The maximum Gasteiger partial charge on any atom is 0.410 e. The van der Waals surface area contributed by atoms with Gasteiger partial charge in [0, 0.05) is 81.1 Å². The number of morpholine rings is 1. The van der Waals surface area contributed by atoms with E-state index in [1.165, 1.54) is 24.5 Å². The molecular weight excluding hydrogens is 693 g/mol. The number of aromatic nitrogens is 3. The molecule has 0 radical (unpaired) electrons. The molecule has 13 nitrogen and oxygen atoms in total. The van der Waals surface area contributed by atoms with Gasteiger partial charge >= 0.3 is 6.09 Å². The number of nitrogens with zero attached hydrogens (tertiary/aromatic N) is 7. The number of anilines is 1. The van der Waals surface area contributed by atoms with Crippen LogP contribution in [0.2, 0.25) is 0 Å². The van der Waals surface area contributed by atoms with Crippen LogP contribution in [0.4, 0.5) is 15.0 Å². The summed E-state index contributed by atoms with van der Waals surface area (Å²) < 4.78 is 38.9. The zero-order chi connectivity index (χ0) is 38.2. The molecule has 1 aliphatic carbocycles. The number of benzene rings is 1. The Morgan fingerprint density at radius 3 is 2.63 bits per heavy atom. The van der Waals surface area contributed by atoms with E-state index in [4.69, 9.17) is 18.9 Å². The molecule has 1 aromatic carbocycles. The van der Waals surface area contributed by atoms with Gasteiger partial charge < -0.3 is 33.6 Å². The Bertz CT molecular complexity index is 1840. The Hall–Kier alpha value is -4.56. The maximum absolute atomic E-state index is 14.4. The Balaban J connectivity index is 0.945. The van der Waals surface area contributed by atoms with Crippen molar-refractivity contribution in [2.24, 2.45) is 5.41 Å². The minimum Gasteiger partial charge on any atom is -0.490 e. The third-order valence-corrected chi connectivity index (χ3v) is 10.6. The molecule has 5 heterocycles. The van der Waals surface area contributed by atoms with Crippen LogP contribution in [0.5, 0.6) is 17.2 Å². The number of hydrogen-bond acceptors (Lipinski definition) is 11. The van der Waals surface area contributed by atoms with Crippen molar-refractivity contribution in [3.05, 3.63) is 65.6 Å². The molecular formula is C40H52FN7O6. The number of pyridine rings is 1. The van der Waals surface area contributed by atoms with E-state index in [0.29, 0.717) is 50.9 Å². The second-order valence-electron chi connectivity index (χ2n) is 16.3.